The SMILES string of the molecule is COc1cc([C@@H]2[C@H]3C(=O)N(c4cccc(C)c4)C(=O)[C@@H]3ON2c2cccc([N+](=O)[O-])c2)ccc1OC(=O)c1ccccc1. The number of esters is 1. The van der Waals surface area contributed by atoms with Gasteiger partial charge in [-0.15, -0.1) is 0 Å². The first-order chi connectivity index (χ1) is 20.8. The van der Waals surface area contributed by atoms with E-state index in [-0.39, 0.29) is 22.9 Å². The number of benzene rings is 4. The molecule has 43 heavy (non-hydrogen) atoms. The molecule has 3 atom stereocenters. The summed E-state index contributed by atoms with van der Waals surface area (Å²) in [5.74, 6) is -2.24. The number of rotatable bonds is 7. The van der Waals surface area contributed by atoms with Gasteiger partial charge in [0.1, 0.15) is 5.92 Å². The van der Waals surface area contributed by atoms with Gasteiger partial charge in [0.05, 0.1) is 35.0 Å². The van der Waals surface area contributed by atoms with Crippen molar-refractivity contribution in [1.82, 2.24) is 0 Å². The lowest BCUT2D eigenvalue weighted by Crippen LogP contribution is -2.37. The number of carbonyl (C=O) groups excluding carboxylic acids is 3. The fourth-order valence-corrected chi connectivity index (χ4v) is 5.43. The predicted molar refractivity (Wildman–Crippen MR) is 155 cm³/mol. The Morgan fingerprint density at radius 1 is 0.860 bits per heavy atom. The van der Waals surface area contributed by atoms with E-state index in [1.165, 1.54) is 36.4 Å². The van der Waals surface area contributed by atoms with Crippen LogP contribution in [0.3, 0.4) is 0 Å². The molecule has 4 aromatic rings. The Kier molecular flexibility index (Phi) is 7.08. The largest absolute Gasteiger partial charge is 0.493 e. The third kappa shape index (κ3) is 4.95. The smallest absolute Gasteiger partial charge is 0.343 e. The van der Waals surface area contributed by atoms with Crippen LogP contribution in [0.25, 0.3) is 0 Å². The normalized spacial score (nSPS) is 19.3. The summed E-state index contributed by atoms with van der Waals surface area (Å²) in [6.45, 7) is 1.86. The molecule has 0 spiro atoms. The Bertz CT molecular complexity index is 1760. The molecular formula is C32H25N3O8. The lowest BCUT2D eigenvalue weighted by molar-refractivity contribution is -0.384. The monoisotopic (exact) mass is 579 g/mol. The lowest BCUT2D eigenvalue weighted by atomic mass is 9.90. The third-order valence-electron chi connectivity index (χ3n) is 7.41. The lowest BCUT2D eigenvalue weighted by Gasteiger charge is -2.29. The highest BCUT2D eigenvalue weighted by molar-refractivity contribution is 6.24. The van der Waals surface area contributed by atoms with Gasteiger partial charge in [0, 0.05) is 12.1 Å². The topological polar surface area (TPSA) is 129 Å². The molecule has 0 bridgehead atoms. The molecule has 0 aliphatic carbocycles. The predicted octanol–water partition coefficient (Wildman–Crippen LogP) is 5.18. The number of imide groups is 1. The number of nitrogens with zero attached hydrogens (tertiary/aromatic N) is 3. The molecule has 0 saturated carbocycles. The quantitative estimate of drug-likeness (QED) is 0.0956. The van der Waals surface area contributed by atoms with Crippen LogP contribution in [0.4, 0.5) is 17.1 Å². The Morgan fingerprint density at radius 3 is 2.33 bits per heavy atom. The zero-order valence-electron chi connectivity index (χ0n) is 23.1. The molecular weight excluding hydrogens is 554 g/mol. The summed E-state index contributed by atoms with van der Waals surface area (Å²) in [6.07, 6.45) is -1.18. The Hall–Kier alpha value is -5.55. The van der Waals surface area contributed by atoms with Gasteiger partial charge >= 0.3 is 5.97 Å². The van der Waals surface area contributed by atoms with E-state index in [2.05, 4.69) is 0 Å². The summed E-state index contributed by atoms with van der Waals surface area (Å²) >= 11 is 0. The average Bonchev–Trinajstić information content (AvgIpc) is 3.53. The number of aryl methyl sites for hydroxylation is 1. The Morgan fingerprint density at radius 2 is 1.60 bits per heavy atom. The van der Waals surface area contributed by atoms with Crippen molar-refractivity contribution >= 4 is 34.8 Å². The van der Waals surface area contributed by atoms with Crippen LogP contribution in [0.5, 0.6) is 11.5 Å². The van der Waals surface area contributed by atoms with E-state index in [9.17, 15) is 24.5 Å². The van der Waals surface area contributed by atoms with Crippen LogP contribution in [0.2, 0.25) is 0 Å². The second-order valence-corrected chi connectivity index (χ2v) is 10.1. The number of hydroxylamine groups is 1. The molecule has 0 N–H and O–H groups in total. The number of anilines is 2. The zero-order valence-corrected chi connectivity index (χ0v) is 23.1. The number of hydrogen-bond donors (Lipinski definition) is 0. The first-order valence-electron chi connectivity index (χ1n) is 13.4. The van der Waals surface area contributed by atoms with E-state index in [4.69, 9.17) is 14.3 Å². The number of ether oxygens (including phenoxy) is 2. The maximum absolute atomic E-state index is 14.0. The van der Waals surface area contributed by atoms with Gasteiger partial charge in [-0.2, -0.15) is 0 Å². The summed E-state index contributed by atoms with van der Waals surface area (Å²) in [5, 5.41) is 12.9. The molecule has 11 nitrogen and oxygen atoms in total. The Balaban J connectivity index is 1.41. The van der Waals surface area contributed by atoms with E-state index in [0.29, 0.717) is 16.8 Å². The summed E-state index contributed by atoms with van der Waals surface area (Å²) in [5.41, 5.74) is 2.25. The Labute approximate surface area is 245 Å². The van der Waals surface area contributed by atoms with Gasteiger partial charge < -0.3 is 9.47 Å². The van der Waals surface area contributed by atoms with Crippen molar-refractivity contribution < 1.29 is 33.6 Å². The molecule has 2 fully saturated rings. The number of hydrogen-bond acceptors (Lipinski definition) is 9. The van der Waals surface area contributed by atoms with Crippen molar-refractivity contribution in [3.05, 3.63) is 124 Å². The minimum absolute atomic E-state index is 0.146. The van der Waals surface area contributed by atoms with Gasteiger partial charge in [0.2, 0.25) is 5.91 Å². The van der Waals surface area contributed by atoms with Gasteiger partial charge in [0.15, 0.2) is 17.6 Å². The summed E-state index contributed by atoms with van der Waals surface area (Å²) in [6, 6.07) is 25.1. The highest BCUT2D eigenvalue weighted by atomic mass is 16.7. The minimum atomic E-state index is -1.18. The van der Waals surface area contributed by atoms with Crippen molar-refractivity contribution in [2.75, 3.05) is 17.1 Å². The molecule has 11 heteroatoms. The molecule has 0 unspecified atom stereocenters. The third-order valence-corrected chi connectivity index (χ3v) is 7.41. The fourth-order valence-electron chi connectivity index (χ4n) is 5.43. The van der Waals surface area contributed by atoms with Crippen molar-refractivity contribution in [1.29, 1.82) is 0 Å². The molecule has 2 heterocycles. The van der Waals surface area contributed by atoms with Crippen LogP contribution < -0.4 is 19.4 Å². The van der Waals surface area contributed by atoms with E-state index < -0.39 is 40.8 Å². The first-order valence-corrected chi connectivity index (χ1v) is 13.4. The standard InChI is InChI=1S/C32H25N3O8/c1-19-8-6-11-22(16-19)33-30(36)27-28(34(43-29(27)31(33)37)23-12-7-13-24(18-23)35(39)40)21-14-15-25(26(17-21)41-2)42-32(38)20-9-4-3-5-10-20/h3-18,27-29H,1-2H3/t27-,28-,29-/m1/s1. The van der Waals surface area contributed by atoms with E-state index in [1.54, 1.807) is 66.7 Å². The molecule has 216 valence electrons. The number of non-ortho nitro benzene ring substituents is 1. The summed E-state index contributed by atoms with van der Waals surface area (Å²) in [4.78, 5) is 58.6. The van der Waals surface area contributed by atoms with Gasteiger partial charge in [-0.1, -0.05) is 42.5 Å². The number of amides is 2. The van der Waals surface area contributed by atoms with Crippen LogP contribution in [-0.2, 0) is 14.4 Å². The molecule has 4 aromatic carbocycles. The number of nitro groups is 1. The molecule has 2 aliphatic heterocycles. The first kappa shape index (κ1) is 27.6. The average molecular weight is 580 g/mol. The van der Waals surface area contributed by atoms with E-state index in [0.717, 1.165) is 10.5 Å². The second kappa shape index (κ2) is 11.0. The van der Waals surface area contributed by atoms with Crippen LogP contribution >= 0.6 is 0 Å². The van der Waals surface area contributed by atoms with E-state index in [1.807, 2.05) is 13.0 Å². The van der Waals surface area contributed by atoms with E-state index >= 15 is 0 Å². The van der Waals surface area contributed by atoms with Crippen molar-refractivity contribution in [3.63, 3.8) is 0 Å². The van der Waals surface area contributed by atoms with Crippen LogP contribution in [0, 0.1) is 23.0 Å². The second-order valence-electron chi connectivity index (χ2n) is 10.1. The molecule has 2 aliphatic rings. The van der Waals surface area contributed by atoms with Gasteiger partial charge in [-0.25, -0.2) is 14.8 Å². The van der Waals surface area contributed by atoms with Crippen LogP contribution in [0.15, 0.2) is 97.1 Å². The molecule has 0 aromatic heterocycles. The number of fused-ring (bicyclic) bond motifs is 1. The van der Waals surface area contributed by atoms with Crippen LogP contribution in [-0.4, -0.2) is 35.9 Å². The van der Waals surface area contributed by atoms with Crippen molar-refractivity contribution in [3.8, 4) is 11.5 Å². The molecule has 0 radical (unpaired) electrons. The number of nitro benzene ring substituents is 1. The molecule has 2 saturated heterocycles. The molecule has 6 rings (SSSR count). The minimum Gasteiger partial charge on any atom is -0.493 e. The summed E-state index contributed by atoms with van der Waals surface area (Å²) in [7, 11) is 1.41. The fraction of sp³-hybridized carbons (Fsp3) is 0.156. The number of carbonyl (C=O) groups is 3. The highest BCUT2D eigenvalue weighted by Gasteiger charge is 2.60. The number of methoxy groups -OCH3 is 1. The summed E-state index contributed by atoms with van der Waals surface area (Å²) < 4.78 is 11.1. The maximum Gasteiger partial charge on any atom is 0.343 e. The van der Waals surface area contributed by atoms with Crippen molar-refractivity contribution in [2.24, 2.45) is 5.92 Å². The van der Waals surface area contributed by atoms with Crippen LogP contribution in [0.1, 0.15) is 27.5 Å². The van der Waals surface area contributed by atoms with Gasteiger partial charge in [-0.3, -0.25) is 24.5 Å². The van der Waals surface area contributed by atoms with Crippen molar-refractivity contribution in [2.45, 2.75) is 19.1 Å². The highest BCUT2D eigenvalue weighted by Crippen LogP contribution is 2.49. The molecule has 2 amide bonds. The maximum atomic E-state index is 14.0. The van der Waals surface area contributed by atoms with Gasteiger partial charge in [-0.05, 0) is 60.5 Å². The van der Waals surface area contributed by atoms with Gasteiger partial charge in [0.25, 0.3) is 11.6 Å². The zero-order chi connectivity index (χ0) is 30.2.